The Balaban J connectivity index is 2.19. The predicted molar refractivity (Wildman–Crippen MR) is 51.9 cm³/mol. The minimum absolute atomic E-state index is 0.427. The standard InChI is InChI=1S/C10H11N3/c11-13-6-10(13)8-5-12-9-4-2-1-3-7(8)9/h1-5,10,12H,6,11H2. The number of aromatic amines is 1. The average molecular weight is 173 g/mol. The van der Waals surface area contributed by atoms with Crippen LogP contribution in [-0.4, -0.2) is 16.5 Å². The molecular formula is C10H11N3. The zero-order chi connectivity index (χ0) is 8.84. The first-order chi connectivity index (χ1) is 6.36. The molecule has 3 rings (SSSR count). The summed E-state index contributed by atoms with van der Waals surface area (Å²) < 4.78 is 0. The second-order valence-electron chi connectivity index (χ2n) is 3.50. The van der Waals surface area contributed by atoms with E-state index in [2.05, 4.69) is 29.4 Å². The van der Waals surface area contributed by atoms with Crippen LogP contribution in [0.3, 0.4) is 0 Å². The highest BCUT2D eigenvalue weighted by molar-refractivity contribution is 5.83. The fourth-order valence-corrected chi connectivity index (χ4v) is 1.80. The van der Waals surface area contributed by atoms with Gasteiger partial charge in [0.1, 0.15) is 0 Å². The molecular weight excluding hydrogens is 162 g/mol. The summed E-state index contributed by atoms with van der Waals surface area (Å²) in [5.74, 6) is 5.67. The van der Waals surface area contributed by atoms with E-state index in [1.165, 1.54) is 16.5 Å². The van der Waals surface area contributed by atoms with E-state index < -0.39 is 0 Å². The average Bonchev–Trinajstić information content (AvgIpc) is 2.74. The maximum atomic E-state index is 5.67. The summed E-state index contributed by atoms with van der Waals surface area (Å²) in [6.45, 7) is 0.974. The molecule has 0 amide bonds. The maximum absolute atomic E-state index is 5.67. The third kappa shape index (κ3) is 0.978. The normalized spacial score (nSPS) is 26.5. The summed E-state index contributed by atoms with van der Waals surface area (Å²) in [5, 5.41) is 3.13. The van der Waals surface area contributed by atoms with Crippen molar-refractivity contribution < 1.29 is 0 Å². The van der Waals surface area contributed by atoms with Gasteiger partial charge in [-0.05, 0) is 11.6 Å². The zero-order valence-electron chi connectivity index (χ0n) is 7.20. The number of nitrogens with one attached hydrogen (secondary N) is 1. The molecule has 0 bridgehead atoms. The van der Waals surface area contributed by atoms with Gasteiger partial charge < -0.3 is 4.98 Å². The Bertz CT molecular complexity index is 446. The van der Waals surface area contributed by atoms with Crippen molar-refractivity contribution in [3.05, 3.63) is 36.0 Å². The van der Waals surface area contributed by atoms with Gasteiger partial charge in [0.15, 0.2) is 0 Å². The van der Waals surface area contributed by atoms with Gasteiger partial charge in [-0.3, -0.25) is 5.84 Å². The van der Waals surface area contributed by atoms with Gasteiger partial charge in [-0.15, -0.1) is 0 Å². The summed E-state index contributed by atoms with van der Waals surface area (Å²) in [6.07, 6.45) is 2.06. The first-order valence-corrected chi connectivity index (χ1v) is 4.43. The molecule has 1 aliphatic rings. The molecule has 2 heterocycles. The molecule has 0 radical (unpaired) electrons. The topological polar surface area (TPSA) is 44.8 Å². The van der Waals surface area contributed by atoms with E-state index in [1.807, 2.05) is 11.1 Å². The Hall–Kier alpha value is -1.32. The van der Waals surface area contributed by atoms with Gasteiger partial charge in [-0.2, -0.15) is 0 Å². The van der Waals surface area contributed by atoms with Gasteiger partial charge in [-0.25, -0.2) is 5.01 Å². The highest BCUT2D eigenvalue weighted by Crippen LogP contribution is 2.35. The van der Waals surface area contributed by atoms with Crippen molar-refractivity contribution in [2.75, 3.05) is 6.54 Å². The van der Waals surface area contributed by atoms with Crippen LogP contribution in [0.5, 0.6) is 0 Å². The Morgan fingerprint density at radius 3 is 2.92 bits per heavy atom. The van der Waals surface area contributed by atoms with Crippen LogP contribution in [0.15, 0.2) is 30.5 Å². The van der Waals surface area contributed by atoms with E-state index in [1.54, 1.807) is 0 Å². The number of hydrazine groups is 1. The van der Waals surface area contributed by atoms with Gasteiger partial charge >= 0.3 is 0 Å². The molecule has 2 unspecified atom stereocenters. The number of nitrogens with two attached hydrogens (primary N) is 1. The molecule has 0 spiro atoms. The third-order valence-electron chi connectivity index (χ3n) is 2.63. The lowest BCUT2D eigenvalue weighted by Crippen LogP contribution is -2.05. The lowest BCUT2D eigenvalue weighted by Gasteiger charge is -1.94. The van der Waals surface area contributed by atoms with Crippen LogP contribution < -0.4 is 5.84 Å². The molecule has 0 saturated carbocycles. The van der Waals surface area contributed by atoms with Crippen molar-refractivity contribution >= 4 is 10.9 Å². The van der Waals surface area contributed by atoms with Crippen molar-refractivity contribution in [1.82, 2.24) is 9.99 Å². The number of benzene rings is 1. The molecule has 1 fully saturated rings. The quantitative estimate of drug-likeness (QED) is 0.505. The van der Waals surface area contributed by atoms with Crippen LogP contribution in [0.1, 0.15) is 11.6 Å². The van der Waals surface area contributed by atoms with Gasteiger partial charge in [0.05, 0.1) is 6.04 Å². The molecule has 13 heavy (non-hydrogen) atoms. The molecule has 2 atom stereocenters. The first kappa shape index (κ1) is 7.12. The molecule has 1 aromatic carbocycles. The summed E-state index contributed by atoms with van der Waals surface area (Å²) in [5.41, 5.74) is 2.51. The number of rotatable bonds is 1. The molecule has 1 aliphatic heterocycles. The van der Waals surface area contributed by atoms with E-state index in [4.69, 9.17) is 5.84 Å². The van der Waals surface area contributed by atoms with Crippen LogP contribution in [0.25, 0.3) is 10.9 Å². The van der Waals surface area contributed by atoms with Crippen molar-refractivity contribution in [2.24, 2.45) is 5.84 Å². The van der Waals surface area contributed by atoms with E-state index in [9.17, 15) is 0 Å². The number of nitrogens with zero attached hydrogens (tertiary/aromatic N) is 1. The van der Waals surface area contributed by atoms with Crippen molar-refractivity contribution in [3.63, 3.8) is 0 Å². The smallest absolute Gasteiger partial charge is 0.0653 e. The zero-order valence-corrected chi connectivity index (χ0v) is 7.20. The SMILES string of the molecule is NN1CC1c1c[nH]c2ccccc12. The van der Waals surface area contributed by atoms with E-state index >= 15 is 0 Å². The van der Waals surface area contributed by atoms with Crippen LogP contribution in [0, 0.1) is 0 Å². The Morgan fingerprint density at radius 2 is 2.15 bits per heavy atom. The van der Waals surface area contributed by atoms with Crippen molar-refractivity contribution in [3.8, 4) is 0 Å². The summed E-state index contributed by atoms with van der Waals surface area (Å²) in [4.78, 5) is 3.25. The van der Waals surface area contributed by atoms with Gasteiger partial charge in [0.25, 0.3) is 0 Å². The van der Waals surface area contributed by atoms with Crippen LogP contribution >= 0.6 is 0 Å². The Kier molecular flexibility index (Phi) is 1.28. The highest BCUT2D eigenvalue weighted by Gasteiger charge is 2.34. The van der Waals surface area contributed by atoms with Crippen LogP contribution in [0.4, 0.5) is 0 Å². The van der Waals surface area contributed by atoms with E-state index in [0.29, 0.717) is 6.04 Å². The Labute approximate surface area is 76.1 Å². The summed E-state index contributed by atoms with van der Waals surface area (Å²) >= 11 is 0. The molecule has 3 heteroatoms. The van der Waals surface area contributed by atoms with E-state index in [0.717, 1.165) is 6.54 Å². The number of fused-ring (bicyclic) bond motifs is 1. The fourth-order valence-electron chi connectivity index (χ4n) is 1.80. The number of aromatic nitrogens is 1. The summed E-state index contributed by atoms with van der Waals surface area (Å²) in [6, 6.07) is 8.74. The minimum Gasteiger partial charge on any atom is -0.361 e. The van der Waals surface area contributed by atoms with Crippen LogP contribution in [-0.2, 0) is 0 Å². The van der Waals surface area contributed by atoms with E-state index in [-0.39, 0.29) is 0 Å². The molecule has 3 N–H and O–H groups in total. The molecule has 1 saturated heterocycles. The lowest BCUT2D eigenvalue weighted by atomic mass is 10.1. The van der Waals surface area contributed by atoms with Crippen molar-refractivity contribution in [2.45, 2.75) is 6.04 Å². The maximum Gasteiger partial charge on any atom is 0.0653 e. The molecule has 1 aromatic heterocycles. The Morgan fingerprint density at radius 1 is 1.38 bits per heavy atom. The number of hydrogen-bond acceptors (Lipinski definition) is 2. The van der Waals surface area contributed by atoms with Gasteiger partial charge in [0, 0.05) is 23.6 Å². The van der Waals surface area contributed by atoms with Gasteiger partial charge in [0.2, 0.25) is 0 Å². The molecule has 0 aliphatic carbocycles. The molecule has 3 nitrogen and oxygen atoms in total. The number of H-pyrrole nitrogens is 1. The van der Waals surface area contributed by atoms with Crippen molar-refractivity contribution in [1.29, 1.82) is 0 Å². The largest absolute Gasteiger partial charge is 0.361 e. The first-order valence-electron chi connectivity index (χ1n) is 4.43. The second kappa shape index (κ2) is 2.34. The minimum atomic E-state index is 0.427. The fraction of sp³-hybridized carbons (Fsp3) is 0.200. The molecule has 2 aromatic rings. The number of para-hydroxylation sites is 1. The number of hydrogen-bond donors (Lipinski definition) is 2. The molecule has 66 valence electrons. The van der Waals surface area contributed by atoms with Crippen LogP contribution in [0.2, 0.25) is 0 Å². The summed E-state index contributed by atoms with van der Waals surface area (Å²) in [7, 11) is 0. The highest BCUT2D eigenvalue weighted by atomic mass is 15.5. The second-order valence-corrected chi connectivity index (χ2v) is 3.50. The lowest BCUT2D eigenvalue weighted by molar-refractivity contribution is 0.549. The monoisotopic (exact) mass is 173 g/mol. The predicted octanol–water partition coefficient (Wildman–Crippen LogP) is 1.40. The van der Waals surface area contributed by atoms with Gasteiger partial charge in [-0.1, -0.05) is 18.2 Å². The third-order valence-corrected chi connectivity index (χ3v) is 2.63.